The van der Waals surface area contributed by atoms with Crippen LogP contribution in [0.1, 0.15) is 23.5 Å². The number of allylic oxidation sites excluding steroid dienone is 2. The number of aryl methyl sites for hydroxylation is 1. The number of nitro groups is 1. The number of nitrogens with zero attached hydrogens (tertiary/aromatic N) is 1. The van der Waals surface area contributed by atoms with Gasteiger partial charge in [-0.1, -0.05) is 12.2 Å². The van der Waals surface area contributed by atoms with Crippen molar-refractivity contribution in [3.05, 3.63) is 45.5 Å². The lowest BCUT2D eigenvalue weighted by atomic mass is 9.78. The predicted octanol–water partition coefficient (Wildman–Crippen LogP) is 2.44. The highest BCUT2D eigenvalue weighted by atomic mass is 16.6. The van der Waals surface area contributed by atoms with Gasteiger partial charge in [-0.3, -0.25) is 10.1 Å². The summed E-state index contributed by atoms with van der Waals surface area (Å²) >= 11 is 0. The molecule has 2 aliphatic rings. The number of aliphatic carboxylic acids is 1. The summed E-state index contributed by atoms with van der Waals surface area (Å²) in [6.45, 7) is 1.76. The Labute approximate surface area is 115 Å². The number of non-ortho nitro benzene ring substituents is 1. The van der Waals surface area contributed by atoms with E-state index in [9.17, 15) is 20.0 Å². The molecule has 6 nitrogen and oxygen atoms in total. The van der Waals surface area contributed by atoms with E-state index in [0.29, 0.717) is 12.0 Å². The number of carboxylic acids is 1. The van der Waals surface area contributed by atoms with Crippen LogP contribution in [-0.4, -0.2) is 22.0 Å². The molecule has 0 fully saturated rings. The predicted molar refractivity (Wildman–Crippen MR) is 72.9 cm³/mol. The maximum absolute atomic E-state index is 11.4. The van der Waals surface area contributed by atoms with Crippen LogP contribution in [0.4, 0.5) is 11.4 Å². The Morgan fingerprint density at radius 2 is 2.25 bits per heavy atom. The maximum Gasteiger partial charge on any atom is 0.326 e. The van der Waals surface area contributed by atoms with Gasteiger partial charge in [0.05, 0.1) is 4.92 Å². The molecule has 0 unspecified atom stereocenters. The molecule has 0 aromatic heterocycles. The van der Waals surface area contributed by atoms with E-state index in [4.69, 9.17) is 0 Å². The van der Waals surface area contributed by atoms with E-state index in [1.807, 2.05) is 12.2 Å². The molecule has 2 N–H and O–H groups in total. The number of rotatable bonds is 2. The van der Waals surface area contributed by atoms with Crippen LogP contribution in [0.25, 0.3) is 0 Å². The topological polar surface area (TPSA) is 92.5 Å². The number of hydrogen-bond donors (Lipinski definition) is 2. The summed E-state index contributed by atoms with van der Waals surface area (Å²) in [6.07, 6.45) is 4.59. The minimum Gasteiger partial charge on any atom is -0.480 e. The number of carbonyl (C=O) groups is 1. The SMILES string of the molecule is Cc1cc([N+](=O)[O-])cc2c1N[C@@H](C(=O)O)[C@H]1CC=C[C@H]21. The Balaban J connectivity index is 2.15. The van der Waals surface area contributed by atoms with Gasteiger partial charge >= 0.3 is 5.97 Å². The summed E-state index contributed by atoms with van der Waals surface area (Å²) in [7, 11) is 0. The van der Waals surface area contributed by atoms with Crippen molar-refractivity contribution in [2.75, 3.05) is 5.32 Å². The van der Waals surface area contributed by atoms with Crippen LogP contribution >= 0.6 is 0 Å². The quantitative estimate of drug-likeness (QED) is 0.491. The molecule has 1 heterocycles. The third-order valence-electron chi connectivity index (χ3n) is 4.13. The van der Waals surface area contributed by atoms with Crippen molar-refractivity contribution in [1.29, 1.82) is 0 Å². The number of nitro benzene ring substituents is 1. The van der Waals surface area contributed by atoms with Crippen LogP contribution in [0.15, 0.2) is 24.3 Å². The minimum absolute atomic E-state index is 0.0517. The van der Waals surface area contributed by atoms with Crippen molar-refractivity contribution in [3.8, 4) is 0 Å². The summed E-state index contributed by atoms with van der Waals surface area (Å²) in [5.41, 5.74) is 2.30. The summed E-state index contributed by atoms with van der Waals surface area (Å²) in [4.78, 5) is 22.0. The molecule has 0 amide bonds. The summed E-state index contributed by atoms with van der Waals surface area (Å²) < 4.78 is 0. The zero-order valence-corrected chi connectivity index (χ0v) is 10.9. The molecule has 3 rings (SSSR count). The molecule has 1 aliphatic carbocycles. The number of fused-ring (bicyclic) bond motifs is 3. The number of anilines is 1. The highest BCUT2D eigenvalue weighted by Crippen LogP contribution is 2.46. The van der Waals surface area contributed by atoms with Gasteiger partial charge in [-0.05, 0) is 24.5 Å². The molecular weight excluding hydrogens is 260 g/mol. The highest BCUT2D eigenvalue weighted by Gasteiger charge is 2.41. The molecule has 1 aromatic rings. The Kier molecular flexibility index (Phi) is 2.74. The third kappa shape index (κ3) is 1.76. The first-order valence-electron chi connectivity index (χ1n) is 6.44. The molecule has 0 bridgehead atoms. The lowest BCUT2D eigenvalue weighted by Gasteiger charge is -2.35. The van der Waals surface area contributed by atoms with E-state index in [-0.39, 0.29) is 17.5 Å². The molecule has 0 radical (unpaired) electrons. The first-order valence-corrected chi connectivity index (χ1v) is 6.44. The van der Waals surface area contributed by atoms with Crippen LogP contribution in [0.3, 0.4) is 0 Å². The Hall–Kier alpha value is -2.37. The molecule has 6 heteroatoms. The van der Waals surface area contributed by atoms with Gasteiger partial charge < -0.3 is 10.4 Å². The number of hydrogen-bond acceptors (Lipinski definition) is 4. The molecule has 0 saturated carbocycles. The van der Waals surface area contributed by atoms with E-state index in [0.717, 1.165) is 11.3 Å². The van der Waals surface area contributed by atoms with E-state index in [2.05, 4.69) is 5.32 Å². The van der Waals surface area contributed by atoms with Gasteiger partial charge in [-0.2, -0.15) is 0 Å². The van der Waals surface area contributed by atoms with Crippen molar-refractivity contribution in [1.82, 2.24) is 0 Å². The Morgan fingerprint density at radius 3 is 2.90 bits per heavy atom. The minimum atomic E-state index is -0.882. The Morgan fingerprint density at radius 1 is 1.50 bits per heavy atom. The van der Waals surface area contributed by atoms with Crippen LogP contribution in [0.5, 0.6) is 0 Å². The molecule has 0 saturated heterocycles. The van der Waals surface area contributed by atoms with Crippen molar-refractivity contribution < 1.29 is 14.8 Å². The van der Waals surface area contributed by atoms with Crippen molar-refractivity contribution in [3.63, 3.8) is 0 Å². The van der Waals surface area contributed by atoms with Gasteiger partial charge in [0.25, 0.3) is 5.69 Å². The smallest absolute Gasteiger partial charge is 0.326 e. The molecule has 3 atom stereocenters. The lowest BCUT2D eigenvalue weighted by Crippen LogP contribution is -2.42. The van der Waals surface area contributed by atoms with Gasteiger partial charge in [-0.25, -0.2) is 4.79 Å². The van der Waals surface area contributed by atoms with Crippen LogP contribution in [-0.2, 0) is 4.79 Å². The van der Waals surface area contributed by atoms with Gasteiger partial charge in [0.1, 0.15) is 6.04 Å². The van der Waals surface area contributed by atoms with Gasteiger partial charge in [0.15, 0.2) is 0 Å². The second-order valence-electron chi connectivity index (χ2n) is 5.30. The van der Waals surface area contributed by atoms with Crippen molar-refractivity contribution in [2.24, 2.45) is 5.92 Å². The first-order chi connectivity index (χ1) is 9.49. The van der Waals surface area contributed by atoms with E-state index >= 15 is 0 Å². The summed E-state index contributed by atoms with van der Waals surface area (Å²) in [6, 6.07) is 2.38. The highest BCUT2D eigenvalue weighted by molar-refractivity contribution is 5.82. The summed E-state index contributed by atoms with van der Waals surface area (Å²) in [5.74, 6) is -1.03. The molecule has 20 heavy (non-hydrogen) atoms. The molecule has 0 spiro atoms. The number of nitrogens with one attached hydrogen (secondary N) is 1. The largest absolute Gasteiger partial charge is 0.480 e. The van der Waals surface area contributed by atoms with Gasteiger partial charge in [0.2, 0.25) is 0 Å². The zero-order valence-electron chi connectivity index (χ0n) is 10.9. The standard InChI is InChI=1S/C14H14N2O4/c1-7-5-8(16(19)20)6-11-9-3-2-4-10(9)13(14(17)18)15-12(7)11/h2-3,5-6,9-10,13,15H,4H2,1H3,(H,17,18)/t9-,10-,13+/m0/s1. The molecule has 1 aliphatic heterocycles. The molecule has 1 aromatic carbocycles. The average Bonchev–Trinajstić information content (AvgIpc) is 2.86. The van der Waals surface area contributed by atoms with Crippen molar-refractivity contribution >= 4 is 17.3 Å². The Bertz CT molecular complexity index is 638. The monoisotopic (exact) mass is 274 g/mol. The zero-order chi connectivity index (χ0) is 14.4. The van der Waals surface area contributed by atoms with E-state index < -0.39 is 16.9 Å². The van der Waals surface area contributed by atoms with Gasteiger partial charge in [0, 0.05) is 29.7 Å². The maximum atomic E-state index is 11.4. The third-order valence-corrected chi connectivity index (χ3v) is 4.13. The van der Waals surface area contributed by atoms with E-state index in [1.54, 1.807) is 13.0 Å². The second-order valence-corrected chi connectivity index (χ2v) is 5.30. The van der Waals surface area contributed by atoms with Gasteiger partial charge in [-0.15, -0.1) is 0 Å². The van der Waals surface area contributed by atoms with Crippen LogP contribution in [0.2, 0.25) is 0 Å². The fourth-order valence-electron chi connectivity index (χ4n) is 3.22. The summed E-state index contributed by atoms with van der Waals surface area (Å²) in [5, 5.41) is 23.4. The lowest BCUT2D eigenvalue weighted by molar-refractivity contribution is -0.385. The number of benzene rings is 1. The normalized spacial score (nSPS) is 26.6. The van der Waals surface area contributed by atoms with Crippen LogP contribution in [0, 0.1) is 23.0 Å². The fourth-order valence-corrected chi connectivity index (χ4v) is 3.22. The molecule has 104 valence electrons. The van der Waals surface area contributed by atoms with E-state index in [1.165, 1.54) is 6.07 Å². The first kappa shape index (κ1) is 12.7. The fraction of sp³-hybridized carbons (Fsp3) is 0.357. The van der Waals surface area contributed by atoms with Crippen molar-refractivity contribution in [2.45, 2.75) is 25.3 Å². The molecular formula is C14H14N2O4. The van der Waals surface area contributed by atoms with Crippen LogP contribution < -0.4 is 5.32 Å². The second kappa shape index (κ2) is 4.33. The average molecular weight is 274 g/mol. The number of carboxylic acid groups (broad SMARTS) is 1.